The summed E-state index contributed by atoms with van der Waals surface area (Å²) in [5, 5.41) is 0. The van der Waals surface area contributed by atoms with Crippen LogP contribution in [0.5, 0.6) is 0 Å². The lowest BCUT2D eigenvalue weighted by Crippen LogP contribution is -2.50. The molecule has 2 N–H and O–H groups in total. The Kier molecular flexibility index (Phi) is 4.46. The van der Waals surface area contributed by atoms with Gasteiger partial charge >= 0.3 is 0 Å². The molecule has 4 aliphatic carbocycles. The molecule has 0 heterocycles. The summed E-state index contributed by atoms with van der Waals surface area (Å²) in [6.45, 7) is 5.59. The van der Waals surface area contributed by atoms with E-state index >= 15 is 0 Å². The van der Waals surface area contributed by atoms with Gasteiger partial charge in [-0.3, -0.25) is 4.79 Å². The van der Waals surface area contributed by atoms with Gasteiger partial charge in [0.2, 0.25) is 0 Å². The molecule has 3 fully saturated rings. The molecule has 0 aromatic heterocycles. The van der Waals surface area contributed by atoms with E-state index < -0.39 is 0 Å². The zero-order chi connectivity index (χ0) is 17.7. The monoisotopic (exact) mass is 341 g/mol. The second-order valence-electron chi connectivity index (χ2n) is 9.65. The van der Waals surface area contributed by atoms with Gasteiger partial charge in [0.15, 0.2) is 0 Å². The van der Waals surface area contributed by atoms with E-state index in [0.29, 0.717) is 23.0 Å². The Balaban J connectivity index is 1.57. The van der Waals surface area contributed by atoms with E-state index in [0.717, 1.165) is 44.1 Å². The third kappa shape index (κ3) is 2.67. The van der Waals surface area contributed by atoms with Crippen LogP contribution >= 0.6 is 0 Å². The Morgan fingerprint density at radius 2 is 1.84 bits per heavy atom. The Morgan fingerprint density at radius 1 is 1.08 bits per heavy atom. The fraction of sp³-hybridized carbons (Fsp3) is 0.783. The van der Waals surface area contributed by atoms with E-state index in [-0.39, 0.29) is 5.41 Å². The predicted molar refractivity (Wildman–Crippen MR) is 103 cm³/mol. The number of hydrogen-bond acceptors (Lipinski definition) is 2. The molecule has 0 bridgehead atoms. The van der Waals surface area contributed by atoms with Gasteiger partial charge in [-0.25, -0.2) is 0 Å². The van der Waals surface area contributed by atoms with Crippen molar-refractivity contribution in [3.63, 3.8) is 0 Å². The second kappa shape index (κ2) is 6.37. The summed E-state index contributed by atoms with van der Waals surface area (Å²) in [7, 11) is 0. The van der Waals surface area contributed by atoms with E-state index in [4.69, 9.17) is 5.73 Å². The zero-order valence-corrected chi connectivity index (χ0v) is 16.1. The van der Waals surface area contributed by atoms with Crippen LogP contribution in [-0.4, -0.2) is 12.3 Å². The smallest absolute Gasteiger partial charge is 0.139 e. The van der Waals surface area contributed by atoms with Crippen molar-refractivity contribution in [2.75, 3.05) is 6.54 Å². The Morgan fingerprint density at radius 3 is 2.64 bits per heavy atom. The molecule has 4 rings (SSSR count). The molecule has 4 aliphatic rings. The number of Topliss-reactive ketones (excluding diaryl/α,β-unsaturated/α-hetero) is 1. The molecule has 0 radical (unpaired) electrons. The van der Waals surface area contributed by atoms with Crippen molar-refractivity contribution < 1.29 is 4.79 Å². The maximum absolute atomic E-state index is 12.5. The number of ketones is 1. The molecule has 0 saturated heterocycles. The van der Waals surface area contributed by atoms with E-state index in [1.165, 1.54) is 32.1 Å². The summed E-state index contributed by atoms with van der Waals surface area (Å²) in [5.74, 6) is 3.45. The van der Waals surface area contributed by atoms with Crippen molar-refractivity contribution in [3.8, 4) is 0 Å². The van der Waals surface area contributed by atoms with Gasteiger partial charge in [-0.05, 0) is 87.0 Å². The minimum Gasteiger partial charge on any atom is -0.330 e. The van der Waals surface area contributed by atoms with Gasteiger partial charge in [-0.1, -0.05) is 37.6 Å². The molecule has 2 heteroatoms. The fourth-order valence-corrected chi connectivity index (χ4v) is 7.04. The Bertz CT molecular complexity index is 605. The van der Waals surface area contributed by atoms with E-state index in [1.54, 1.807) is 5.57 Å². The SMILES string of the molecule is CC12CCC3C(CCC4=CC(C=CCCN)CCC43C)C1CCC2=O. The lowest BCUT2D eigenvalue weighted by atomic mass is 9.47. The van der Waals surface area contributed by atoms with Crippen LogP contribution < -0.4 is 5.73 Å². The maximum atomic E-state index is 12.5. The molecule has 0 amide bonds. The first-order valence-electron chi connectivity index (χ1n) is 10.6. The molecule has 0 aliphatic heterocycles. The number of allylic oxidation sites excluding steroid dienone is 3. The Labute approximate surface area is 153 Å². The van der Waals surface area contributed by atoms with Crippen LogP contribution in [0.1, 0.15) is 71.6 Å². The fourth-order valence-electron chi connectivity index (χ4n) is 7.04. The molecule has 0 aromatic carbocycles. The zero-order valence-electron chi connectivity index (χ0n) is 16.1. The van der Waals surface area contributed by atoms with Gasteiger partial charge in [0.25, 0.3) is 0 Å². The molecule has 3 saturated carbocycles. The number of carbonyl (C=O) groups excluding carboxylic acids is 1. The summed E-state index contributed by atoms with van der Waals surface area (Å²) in [6, 6.07) is 0. The van der Waals surface area contributed by atoms with Crippen molar-refractivity contribution in [2.45, 2.75) is 71.6 Å². The van der Waals surface area contributed by atoms with Crippen LogP contribution in [0.25, 0.3) is 0 Å². The lowest BCUT2D eigenvalue weighted by Gasteiger charge is -2.57. The van der Waals surface area contributed by atoms with Crippen LogP contribution in [0.2, 0.25) is 0 Å². The van der Waals surface area contributed by atoms with Crippen LogP contribution in [0.15, 0.2) is 23.8 Å². The summed E-state index contributed by atoms with van der Waals surface area (Å²) in [6.07, 6.45) is 17.9. The molecular formula is C23H35NO. The first-order valence-corrected chi connectivity index (χ1v) is 10.6. The normalized spacial score (nSPS) is 46.5. The molecule has 0 aromatic rings. The third-order valence-electron chi connectivity index (χ3n) is 8.57. The van der Waals surface area contributed by atoms with Crippen LogP contribution in [0.3, 0.4) is 0 Å². The lowest BCUT2D eigenvalue weighted by molar-refractivity contribution is -0.132. The van der Waals surface area contributed by atoms with Gasteiger partial charge < -0.3 is 5.73 Å². The van der Waals surface area contributed by atoms with Crippen LogP contribution in [0, 0.1) is 34.5 Å². The second-order valence-corrected chi connectivity index (χ2v) is 9.65. The molecular weight excluding hydrogens is 306 g/mol. The average Bonchev–Trinajstić information content (AvgIpc) is 2.90. The van der Waals surface area contributed by atoms with E-state index in [2.05, 4.69) is 32.1 Å². The van der Waals surface area contributed by atoms with Crippen molar-refractivity contribution >= 4 is 5.78 Å². The van der Waals surface area contributed by atoms with Gasteiger partial charge in [0.05, 0.1) is 0 Å². The standard InChI is InChI=1S/C23H35NO/c1-22-12-10-16(5-3-4-14-24)15-17(22)6-7-18-19-8-9-21(25)23(19,2)13-11-20(18)22/h3,5,15-16,18-20H,4,6-14,24H2,1-2H3. The van der Waals surface area contributed by atoms with Gasteiger partial charge in [0.1, 0.15) is 5.78 Å². The van der Waals surface area contributed by atoms with Gasteiger partial charge in [-0.15, -0.1) is 0 Å². The van der Waals surface area contributed by atoms with Gasteiger partial charge in [-0.2, -0.15) is 0 Å². The number of hydrogen-bond donors (Lipinski definition) is 1. The third-order valence-corrected chi connectivity index (χ3v) is 8.57. The summed E-state index contributed by atoms with van der Waals surface area (Å²) >= 11 is 0. The summed E-state index contributed by atoms with van der Waals surface area (Å²) < 4.78 is 0. The van der Waals surface area contributed by atoms with Crippen LogP contribution in [-0.2, 0) is 4.79 Å². The first-order chi connectivity index (χ1) is 12.0. The van der Waals surface area contributed by atoms with Crippen molar-refractivity contribution in [3.05, 3.63) is 23.8 Å². The minimum absolute atomic E-state index is 0.0148. The molecule has 6 atom stereocenters. The summed E-state index contributed by atoms with van der Waals surface area (Å²) in [4.78, 5) is 12.5. The molecule has 2 nitrogen and oxygen atoms in total. The quantitative estimate of drug-likeness (QED) is 0.731. The maximum Gasteiger partial charge on any atom is 0.139 e. The highest BCUT2D eigenvalue weighted by Gasteiger charge is 2.58. The number of rotatable bonds is 3. The highest BCUT2D eigenvalue weighted by molar-refractivity contribution is 5.87. The molecule has 0 spiro atoms. The summed E-state index contributed by atoms with van der Waals surface area (Å²) in [5.41, 5.74) is 7.76. The minimum atomic E-state index is 0.0148. The van der Waals surface area contributed by atoms with Crippen molar-refractivity contribution in [1.82, 2.24) is 0 Å². The number of fused-ring (bicyclic) bond motifs is 5. The Hall–Kier alpha value is -0.890. The topological polar surface area (TPSA) is 43.1 Å². The van der Waals surface area contributed by atoms with Gasteiger partial charge in [0, 0.05) is 11.8 Å². The number of carbonyl (C=O) groups is 1. The first kappa shape index (κ1) is 17.5. The highest BCUT2D eigenvalue weighted by atomic mass is 16.1. The van der Waals surface area contributed by atoms with Crippen molar-refractivity contribution in [2.24, 2.45) is 40.2 Å². The van der Waals surface area contributed by atoms with E-state index in [9.17, 15) is 4.79 Å². The predicted octanol–water partition coefficient (Wildman–Crippen LogP) is 5.04. The largest absolute Gasteiger partial charge is 0.330 e. The highest BCUT2D eigenvalue weighted by Crippen LogP contribution is 2.64. The van der Waals surface area contributed by atoms with Crippen LogP contribution in [0.4, 0.5) is 0 Å². The molecule has 138 valence electrons. The number of nitrogens with two attached hydrogens (primary N) is 1. The van der Waals surface area contributed by atoms with Crippen molar-refractivity contribution in [1.29, 1.82) is 0 Å². The van der Waals surface area contributed by atoms with E-state index in [1.807, 2.05) is 0 Å². The molecule has 25 heavy (non-hydrogen) atoms. The average molecular weight is 342 g/mol. The molecule has 6 unspecified atom stereocenters.